The van der Waals surface area contributed by atoms with Crippen LogP contribution in [-0.2, 0) is 10.0 Å². The van der Waals surface area contributed by atoms with Crippen LogP contribution in [0.4, 0.5) is 8.78 Å². The summed E-state index contributed by atoms with van der Waals surface area (Å²) in [6.45, 7) is -1.87. The Morgan fingerprint density at radius 3 is 2.69 bits per heavy atom. The second-order valence-corrected chi connectivity index (χ2v) is 4.80. The first-order valence-electron chi connectivity index (χ1n) is 4.36. The van der Waals surface area contributed by atoms with Gasteiger partial charge < -0.3 is 10.1 Å². The number of aromatic amines is 1. The number of alkyl halides is 2. The molecule has 0 spiro atoms. The van der Waals surface area contributed by atoms with E-state index in [9.17, 15) is 17.2 Å². The summed E-state index contributed by atoms with van der Waals surface area (Å²) in [6.07, 6.45) is -0.651. The molecule has 0 amide bonds. The molecule has 16 heavy (non-hydrogen) atoms. The third kappa shape index (κ3) is 2.97. The van der Waals surface area contributed by atoms with Crippen molar-refractivity contribution in [2.75, 3.05) is 19.7 Å². The number of halogens is 2. The normalized spacial score (nSPS) is 12.6. The van der Waals surface area contributed by atoms with Gasteiger partial charge in [0.25, 0.3) is 16.4 Å². The van der Waals surface area contributed by atoms with Crippen LogP contribution in [0, 0.1) is 0 Å². The van der Waals surface area contributed by atoms with Gasteiger partial charge in [0.2, 0.25) is 0 Å². The van der Waals surface area contributed by atoms with Crippen LogP contribution in [-0.4, -0.2) is 53.9 Å². The van der Waals surface area contributed by atoms with Gasteiger partial charge in [0.05, 0.1) is 25.7 Å². The molecular formula is C7H11F2N3O3S. The minimum atomic E-state index is -4.04. The van der Waals surface area contributed by atoms with Crippen molar-refractivity contribution in [3.05, 3.63) is 12.5 Å². The van der Waals surface area contributed by atoms with E-state index in [0.717, 1.165) is 12.5 Å². The number of aromatic nitrogens is 2. The number of nitrogens with zero attached hydrogens (tertiary/aromatic N) is 2. The van der Waals surface area contributed by atoms with Crippen molar-refractivity contribution >= 4 is 10.0 Å². The van der Waals surface area contributed by atoms with Crippen molar-refractivity contribution in [2.24, 2.45) is 0 Å². The van der Waals surface area contributed by atoms with Crippen LogP contribution in [0.5, 0.6) is 0 Å². The van der Waals surface area contributed by atoms with E-state index in [4.69, 9.17) is 5.11 Å². The fraction of sp³-hybridized carbons (Fsp3) is 0.571. The summed E-state index contributed by atoms with van der Waals surface area (Å²) in [5.41, 5.74) is 0. The van der Waals surface area contributed by atoms with Crippen LogP contribution in [0.2, 0.25) is 0 Å². The maximum Gasteiger partial charge on any atom is 0.260 e. The Morgan fingerprint density at radius 1 is 1.56 bits per heavy atom. The number of H-pyrrole nitrogens is 1. The van der Waals surface area contributed by atoms with Crippen molar-refractivity contribution in [3.8, 4) is 0 Å². The van der Waals surface area contributed by atoms with Gasteiger partial charge in [-0.3, -0.25) is 0 Å². The molecule has 6 nitrogen and oxygen atoms in total. The fourth-order valence-corrected chi connectivity index (χ4v) is 2.40. The summed E-state index contributed by atoms with van der Waals surface area (Å²) < 4.78 is 48.3. The standard InChI is InChI=1S/C7H11F2N3O3S/c8-6(9)4-12(1-2-13)16(14,15)7-3-10-5-11-7/h3,5-6,13H,1-2,4H2,(H,10,11). The van der Waals surface area contributed by atoms with Crippen molar-refractivity contribution in [1.29, 1.82) is 0 Å². The zero-order valence-electron chi connectivity index (χ0n) is 8.18. The van der Waals surface area contributed by atoms with Crippen LogP contribution >= 0.6 is 0 Å². The molecule has 0 aliphatic heterocycles. The monoisotopic (exact) mass is 255 g/mol. The third-order valence-electron chi connectivity index (χ3n) is 1.78. The molecule has 0 aliphatic rings. The minimum Gasteiger partial charge on any atom is -0.395 e. The van der Waals surface area contributed by atoms with E-state index in [0.29, 0.717) is 4.31 Å². The van der Waals surface area contributed by atoms with Crippen molar-refractivity contribution in [3.63, 3.8) is 0 Å². The molecule has 0 aliphatic carbocycles. The third-order valence-corrected chi connectivity index (χ3v) is 3.57. The van der Waals surface area contributed by atoms with Crippen LogP contribution in [0.3, 0.4) is 0 Å². The highest BCUT2D eigenvalue weighted by Crippen LogP contribution is 2.13. The molecule has 0 unspecified atom stereocenters. The average Bonchev–Trinajstić information content (AvgIpc) is 2.69. The number of imidazole rings is 1. The minimum absolute atomic E-state index is 0.276. The predicted octanol–water partition coefficient (Wildman–Crippen LogP) is -0.342. The maximum atomic E-state index is 12.2. The van der Waals surface area contributed by atoms with Crippen LogP contribution < -0.4 is 0 Å². The summed E-state index contributed by atoms with van der Waals surface area (Å²) in [5, 5.41) is 8.36. The first-order chi connectivity index (χ1) is 7.48. The summed E-state index contributed by atoms with van der Waals surface area (Å²) in [4.78, 5) is 5.82. The van der Waals surface area contributed by atoms with E-state index in [-0.39, 0.29) is 11.6 Å². The summed E-state index contributed by atoms with van der Waals surface area (Å²) >= 11 is 0. The van der Waals surface area contributed by atoms with Gasteiger partial charge in [-0.1, -0.05) is 0 Å². The summed E-state index contributed by atoms with van der Waals surface area (Å²) in [6, 6.07) is 0. The highest BCUT2D eigenvalue weighted by atomic mass is 32.2. The molecular weight excluding hydrogens is 244 g/mol. The first kappa shape index (κ1) is 13.0. The molecule has 0 saturated carbocycles. The Labute approximate surface area is 91.0 Å². The van der Waals surface area contributed by atoms with Crippen molar-refractivity contribution < 1.29 is 22.3 Å². The molecule has 1 aromatic heterocycles. The molecule has 0 atom stereocenters. The molecule has 1 aromatic rings. The van der Waals surface area contributed by atoms with Gasteiger partial charge >= 0.3 is 0 Å². The number of sulfonamides is 1. The summed E-state index contributed by atoms with van der Waals surface area (Å²) in [7, 11) is -4.04. The number of hydrogen-bond acceptors (Lipinski definition) is 4. The summed E-state index contributed by atoms with van der Waals surface area (Å²) in [5.74, 6) is 0. The van der Waals surface area contributed by atoms with E-state index < -0.39 is 29.6 Å². The Bertz CT molecular complexity index is 407. The van der Waals surface area contributed by atoms with E-state index in [2.05, 4.69) is 9.97 Å². The Balaban J connectivity index is 2.93. The lowest BCUT2D eigenvalue weighted by atomic mass is 10.6. The largest absolute Gasteiger partial charge is 0.395 e. The first-order valence-corrected chi connectivity index (χ1v) is 5.80. The van der Waals surface area contributed by atoms with Gasteiger partial charge in [-0.25, -0.2) is 22.2 Å². The van der Waals surface area contributed by atoms with Crippen LogP contribution in [0.15, 0.2) is 17.6 Å². The van der Waals surface area contributed by atoms with Gasteiger partial charge in [-0.05, 0) is 0 Å². The van der Waals surface area contributed by atoms with E-state index in [1.54, 1.807) is 0 Å². The van der Waals surface area contributed by atoms with Gasteiger partial charge in [0, 0.05) is 6.54 Å². The highest BCUT2D eigenvalue weighted by Gasteiger charge is 2.27. The topological polar surface area (TPSA) is 86.3 Å². The molecule has 0 aromatic carbocycles. The van der Waals surface area contributed by atoms with Crippen LogP contribution in [0.1, 0.15) is 0 Å². The zero-order valence-corrected chi connectivity index (χ0v) is 8.99. The lowest BCUT2D eigenvalue weighted by molar-refractivity contribution is 0.113. The van der Waals surface area contributed by atoms with Gasteiger partial charge in [0.1, 0.15) is 0 Å². The molecule has 0 saturated heterocycles. The number of aliphatic hydroxyl groups excluding tert-OH is 1. The quantitative estimate of drug-likeness (QED) is 0.728. The predicted molar refractivity (Wildman–Crippen MR) is 50.4 cm³/mol. The average molecular weight is 255 g/mol. The Morgan fingerprint density at radius 2 is 2.25 bits per heavy atom. The smallest absolute Gasteiger partial charge is 0.260 e. The molecule has 1 rings (SSSR count). The van der Waals surface area contributed by atoms with Gasteiger partial charge in [0.15, 0.2) is 5.03 Å². The molecule has 0 radical (unpaired) electrons. The van der Waals surface area contributed by atoms with E-state index >= 15 is 0 Å². The molecule has 0 bridgehead atoms. The second-order valence-electron chi connectivity index (χ2n) is 2.89. The number of rotatable bonds is 6. The fourth-order valence-electron chi connectivity index (χ4n) is 1.10. The van der Waals surface area contributed by atoms with Crippen molar-refractivity contribution in [1.82, 2.24) is 14.3 Å². The second kappa shape index (κ2) is 5.32. The maximum absolute atomic E-state index is 12.2. The number of hydrogen-bond donors (Lipinski definition) is 2. The number of aliphatic hydroxyl groups is 1. The molecule has 2 N–H and O–H groups in total. The van der Waals surface area contributed by atoms with Crippen LogP contribution in [0.25, 0.3) is 0 Å². The van der Waals surface area contributed by atoms with Crippen molar-refractivity contribution in [2.45, 2.75) is 11.5 Å². The Hall–Kier alpha value is -1.06. The zero-order chi connectivity index (χ0) is 12.2. The van der Waals surface area contributed by atoms with E-state index in [1.165, 1.54) is 0 Å². The highest BCUT2D eigenvalue weighted by molar-refractivity contribution is 7.89. The number of nitrogens with one attached hydrogen (secondary N) is 1. The van der Waals surface area contributed by atoms with Gasteiger partial charge in [-0.2, -0.15) is 4.31 Å². The lowest BCUT2D eigenvalue weighted by Gasteiger charge is -2.19. The van der Waals surface area contributed by atoms with Gasteiger partial charge in [-0.15, -0.1) is 0 Å². The molecule has 92 valence electrons. The molecule has 0 fully saturated rings. The Kier molecular flexibility index (Phi) is 4.33. The SMILES string of the molecule is O=S(=O)(c1cnc[nH]1)N(CCO)CC(F)F. The molecule has 1 heterocycles. The molecule has 9 heteroatoms. The lowest BCUT2D eigenvalue weighted by Crippen LogP contribution is -2.37. The van der Waals surface area contributed by atoms with E-state index in [1.807, 2.05) is 0 Å².